The molecule has 3 aromatic carbocycles. The number of nitrogens with one attached hydrogen (secondary N) is 1. The predicted molar refractivity (Wildman–Crippen MR) is 107 cm³/mol. The number of amides is 2. The fourth-order valence-corrected chi connectivity index (χ4v) is 2.49. The topological polar surface area (TPSA) is 90.7 Å². The molecule has 0 unspecified atom stereocenters. The molecule has 6 nitrogen and oxygen atoms in total. The van der Waals surface area contributed by atoms with Crippen molar-refractivity contribution in [2.75, 3.05) is 5.32 Å². The van der Waals surface area contributed by atoms with E-state index in [2.05, 4.69) is 5.32 Å². The van der Waals surface area contributed by atoms with Crippen molar-refractivity contribution in [3.63, 3.8) is 0 Å². The molecule has 0 heterocycles. The predicted octanol–water partition coefficient (Wildman–Crippen LogP) is 3.98. The molecule has 0 saturated heterocycles. The maximum Gasteiger partial charge on any atom is 0.265 e. The lowest BCUT2D eigenvalue weighted by atomic mass is 10.2. The molecule has 0 radical (unpaired) electrons. The third-order valence-corrected chi connectivity index (χ3v) is 3.93. The normalized spacial score (nSPS) is 11.3. The molecule has 142 valence electrons. The highest BCUT2D eigenvalue weighted by atomic mass is 16.5. The molecule has 3 rings (SSSR count). The Labute approximate surface area is 162 Å². The first-order valence-corrected chi connectivity index (χ1v) is 8.72. The number of para-hydroxylation sites is 2. The molecule has 0 aliphatic carbocycles. The van der Waals surface area contributed by atoms with Crippen LogP contribution < -0.4 is 20.5 Å². The minimum atomic E-state index is -0.819. The third-order valence-electron chi connectivity index (χ3n) is 3.93. The van der Waals surface area contributed by atoms with Crippen LogP contribution >= 0.6 is 0 Å². The van der Waals surface area contributed by atoms with Crippen molar-refractivity contribution >= 4 is 17.5 Å². The van der Waals surface area contributed by atoms with Crippen LogP contribution in [-0.4, -0.2) is 17.9 Å². The molecule has 0 fully saturated rings. The maximum absolute atomic E-state index is 12.4. The monoisotopic (exact) mass is 376 g/mol. The van der Waals surface area contributed by atoms with Crippen LogP contribution in [0.25, 0.3) is 0 Å². The summed E-state index contributed by atoms with van der Waals surface area (Å²) in [5, 5.41) is 2.77. The molecule has 0 aliphatic rings. The number of rotatable bonds is 7. The lowest BCUT2D eigenvalue weighted by Crippen LogP contribution is -2.30. The number of anilines is 1. The van der Waals surface area contributed by atoms with Crippen LogP contribution in [-0.2, 0) is 4.79 Å². The van der Waals surface area contributed by atoms with Crippen LogP contribution in [0.1, 0.15) is 17.3 Å². The van der Waals surface area contributed by atoms with Gasteiger partial charge < -0.3 is 20.5 Å². The van der Waals surface area contributed by atoms with Crippen LogP contribution in [0.4, 0.5) is 5.69 Å². The van der Waals surface area contributed by atoms with Gasteiger partial charge in [0, 0.05) is 5.69 Å². The fraction of sp³-hybridized carbons (Fsp3) is 0.0909. The van der Waals surface area contributed by atoms with E-state index in [-0.39, 0.29) is 17.2 Å². The second-order valence-corrected chi connectivity index (χ2v) is 6.05. The molecular formula is C22H20N2O4. The van der Waals surface area contributed by atoms with E-state index in [1.807, 2.05) is 30.3 Å². The van der Waals surface area contributed by atoms with E-state index < -0.39 is 12.0 Å². The number of hydrogen-bond acceptors (Lipinski definition) is 4. The van der Waals surface area contributed by atoms with Gasteiger partial charge in [-0.25, -0.2) is 0 Å². The third kappa shape index (κ3) is 4.88. The first-order chi connectivity index (χ1) is 13.5. The summed E-state index contributed by atoms with van der Waals surface area (Å²) in [4.78, 5) is 23.8. The first-order valence-electron chi connectivity index (χ1n) is 8.72. The zero-order chi connectivity index (χ0) is 19.9. The Bertz CT molecular complexity index is 956. The van der Waals surface area contributed by atoms with Crippen molar-refractivity contribution in [1.29, 1.82) is 0 Å². The van der Waals surface area contributed by atoms with Gasteiger partial charge in [-0.1, -0.05) is 30.3 Å². The lowest BCUT2D eigenvalue weighted by Gasteiger charge is -2.16. The standard InChI is InChI=1S/C22H20N2O4/c1-15(27-20-10-6-5-9-19(20)21(23)25)22(26)24-16-11-13-18(14-12-16)28-17-7-3-2-4-8-17/h2-15H,1H3,(H2,23,25)(H,24,26)/t15-/m0/s1. The summed E-state index contributed by atoms with van der Waals surface area (Å²) in [6.07, 6.45) is -0.819. The SMILES string of the molecule is C[C@H](Oc1ccccc1C(N)=O)C(=O)Nc1ccc(Oc2ccccc2)cc1. The second-order valence-electron chi connectivity index (χ2n) is 6.05. The van der Waals surface area contributed by atoms with Gasteiger partial charge in [0.1, 0.15) is 17.2 Å². The summed E-state index contributed by atoms with van der Waals surface area (Å²) >= 11 is 0. The fourth-order valence-electron chi connectivity index (χ4n) is 2.49. The van der Waals surface area contributed by atoms with E-state index in [1.165, 1.54) is 0 Å². The Kier molecular flexibility index (Phi) is 5.91. The minimum absolute atomic E-state index is 0.226. The Balaban J connectivity index is 1.60. The van der Waals surface area contributed by atoms with Crippen LogP contribution in [0, 0.1) is 0 Å². The summed E-state index contributed by atoms with van der Waals surface area (Å²) < 4.78 is 11.3. The zero-order valence-electron chi connectivity index (χ0n) is 15.3. The molecule has 3 N–H and O–H groups in total. The molecule has 28 heavy (non-hydrogen) atoms. The van der Waals surface area contributed by atoms with Crippen molar-refractivity contribution in [3.05, 3.63) is 84.4 Å². The van der Waals surface area contributed by atoms with Crippen LogP contribution in [0.2, 0.25) is 0 Å². The van der Waals surface area contributed by atoms with Gasteiger partial charge in [-0.3, -0.25) is 9.59 Å². The van der Waals surface area contributed by atoms with Gasteiger partial charge in [0.15, 0.2) is 6.10 Å². The quantitative estimate of drug-likeness (QED) is 0.652. The Hall–Kier alpha value is -3.80. The molecule has 6 heteroatoms. The van der Waals surface area contributed by atoms with Gasteiger partial charge in [0.2, 0.25) is 0 Å². The number of hydrogen-bond donors (Lipinski definition) is 2. The van der Waals surface area contributed by atoms with E-state index in [9.17, 15) is 9.59 Å². The first kappa shape index (κ1) is 19.0. The summed E-state index contributed by atoms with van der Waals surface area (Å²) in [6.45, 7) is 1.60. The van der Waals surface area contributed by atoms with Gasteiger partial charge in [-0.15, -0.1) is 0 Å². The number of nitrogens with two attached hydrogens (primary N) is 1. The average Bonchev–Trinajstić information content (AvgIpc) is 2.70. The highest BCUT2D eigenvalue weighted by Crippen LogP contribution is 2.23. The molecule has 0 spiro atoms. The summed E-state index contributed by atoms with van der Waals surface area (Å²) in [7, 11) is 0. The highest BCUT2D eigenvalue weighted by Gasteiger charge is 2.18. The van der Waals surface area contributed by atoms with Crippen molar-refractivity contribution in [2.45, 2.75) is 13.0 Å². The van der Waals surface area contributed by atoms with E-state index >= 15 is 0 Å². The van der Waals surface area contributed by atoms with E-state index in [0.29, 0.717) is 11.4 Å². The van der Waals surface area contributed by atoms with Crippen LogP contribution in [0.3, 0.4) is 0 Å². The summed E-state index contributed by atoms with van der Waals surface area (Å²) in [6, 6.07) is 22.9. The largest absolute Gasteiger partial charge is 0.480 e. The van der Waals surface area contributed by atoms with Gasteiger partial charge in [-0.05, 0) is 55.5 Å². The number of benzene rings is 3. The van der Waals surface area contributed by atoms with Gasteiger partial charge in [0.25, 0.3) is 11.8 Å². The Morgan fingerprint density at radius 2 is 1.46 bits per heavy atom. The highest BCUT2D eigenvalue weighted by molar-refractivity contribution is 5.96. The summed E-state index contributed by atoms with van der Waals surface area (Å²) in [5.74, 6) is 0.691. The molecule has 0 aliphatic heterocycles. The van der Waals surface area contributed by atoms with Crippen LogP contribution in [0.15, 0.2) is 78.9 Å². The molecule has 1 atom stereocenters. The van der Waals surface area contributed by atoms with Crippen molar-refractivity contribution in [1.82, 2.24) is 0 Å². The number of ether oxygens (including phenoxy) is 2. The number of primary amides is 1. The van der Waals surface area contributed by atoms with Crippen molar-refractivity contribution in [2.24, 2.45) is 5.73 Å². The molecule has 2 amide bonds. The lowest BCUT2D eigenvalue weighted by molar-refractivity contribution is -0.122. The smallest absolute Gasteiger partial charge is 0.265 e. The maximum atomic E-state index is 12.4. The molecule has 0 bridgehead atoms. The van der Waals surface area contributed by atoms with E-state index in [0.717, 1.165) is 5.75 Å². The molecule has 3 aromatic rings. The van der Waals surface area contributed by atoms with Crippen molar-refractivity contribution in [3.8, 4) is 17.2 Å². The molecule has 0 aromatic heterocycles. The van der Waals surface area contributed by atoms with Gasteiger partial charge >= 0.3 is 0 Å². The number of carbonyl (C=O) groups excluding carboxylic acids is 2. The Morgan fingerprint density at radius 3 is 2.14 bits per heavy atom. The molecular weight excluding hydrogens is 356 g/mol. The van der Waals surface area contributed by atoms with Crippen LogP contribution in [0.5, 0.6) is 17.2 Å². The second kappa shape index (κ2) is 8.73. The zero-order valence-corrected chi connectivity index (χ0v) is 15.3. The van der Waals surface area contributed by atoms with Gasteiger partial charge in [-0.2, -0.15) is 0 Å². The average molecular weight is 376 g/mol. The van der Waals surface area contributed by atoms with E-state index in [4.69, 9.17) is 15.2 Å². The summed E-state index contributed by atoms with van der Waals surface area (Å²) in [5.41, 5.74) is 6.16. The van der Waals surface area contributed by atoms with Gasteiger partial charge in [0.05, 0.1) is 5.56 Å². The van der Waals surface area contributed by atoms with E-state index in [1.54, 1.807) is 55.5 Å². The number of carbonyl (C=O) groups is 2. The Morgan fingerprint density at radius 1 is 0.857 bits per heavy atom. The molecule has 0 saturated carbocycles. The van der Waals surface area contributed by atoms with Crippen molar-refractivity contribution < 1.29 is 19.1 Å². The minimum Gasteiger partial charge on any atom is -0.480 e.